The minimum absolute atomic E-state index is 0.0609. The van der Waals surface area contributed by atoms with Crippen LogP contribution in [0.5, 0.6) is 0 Å². The number of amides is 2. The number of carbonyl (C=O) groups is 2. The summed E-state index contributed by atoms with van der Waals surface area (Å²) < 4.78 is 36.6. The molecular formula is C20H24FN3O4S. The molecule has 9 heteroatoms. The van der Waals surface area contributed by atoms with Gasteiger partial charge in [0.15, 0.2) is 0 Å². The van der Waals surface area contributed by atoms with Crippen LogP contribution < -0.4 is 15.8 Å². The summed E-state index contributed by atoms with van der Waals surface area (Å²) in [5.41, 5.74) is 1.00. The second-order valence-corrected chi connectivity index (χ2v) is 8.44. The van der Waals surface area contributed by atoms with Gasteiger partial charge in [0.2, 0.25) is 15.9 Å². The third-order valence-corrected chi connectivity index (χ3v) is 5.36. The maximum absolute atomic E-state index is 13.0. The van der Waals surface area contributed by atoms with Crippen LogP contribution in [0.3, 0.4) is 0 Å². The minimum Gasteiger partial charge on any atom is -0.340 e. The molecule has 0 aliphatic carbocycles. The van der Waals surface area contributed by atoms with Gasteiger partial charge in [0.1, 0.15) is 11.9 Å². The van der Waals surface area contributed by atoms with Crippen LogP contribution >= 0.6 is 0 Å². The molecule has 0 fully saturated rings. The van der Waals surface area contributed by atoms with Crippen LogP contribution in [0.4, 0.5) is 10.1 Å². The van der Waals surface area contributed by atoms with Gasteiger partial charge in [-0.25, -0.2) is 17.9 Å². The molecule has 0 aliphatic heterocycles. The van der Waals surface area contributed by atoms with Crippen molar-refractivity contribution in [2.45, 2.75) is 38.1 Å². The molecule has 0 saturated heterocycles. The average Bonchev–Trinajstić information content (AvgIpc) is 2.65. The van der Waals surface area contributed by atoms with Gasteiger partial charge >= 0.3 is 0 Å². The molecular weight excluding hydrogens is 397 g/mol. The summed E-state index contributed by atoms with van der Waals surface area (Å²) in [6.07, 6.45) is 0.461. The van der Waals surface area contributed by atoms with Crippen molar-refractivity contribution in [1.29, 1.82) is 0 Å². The molecule has 2 amide bonds. The first kappa shape index (κ1) is 22.5. The Balaban J connectivity index is 2.21. The molecule has 7 nitrogen and oxygen atoms in total. The van der Waals surface area contributed by atoms with E-state index in [0.717, 1.165) is 12.1 Å². The highest BCUT2D eigenvalue weighted by atomic mass is 32.2. The quantitative estimate of drug-likeness (QED) is 0.636. The van der Waals surface area contributed by atoms with Gasteiger partial charge in [-0.15, -0.1) is 0 Å². The molecule has 1 atom stereocenters. The van der Waals surface area contributed by atoms with Crippen molar-refractivity contribution >= 4 is 27.5 Å². The van der Waals surface area contributed by atoms with Crippen molar-refractivity contribution in [2.24, 2.45) is 11.1 Å². The molecule has 0 heterocycles. The molecule has 4 N–H and O–H groups in total. The Hall–Kier alpha value is -2.78. The SMILES string of the molecule is CCc1ccc(NC(=O)C(NC(=O)c2ccc(F)cc2)C(C)C)cc1S(N)(=O)=O. The minimum atomic E-state index is -3.95. The van der Waals surface area contributed by atoms with E-state index in [1.54, 1.807) is 32.9 Å². The Morgan fingerprint density at radius 1 is 1.10 bits per heavy atom. The fourth-order valence-corrected chi connectivity index (χ4v) is 3.64. The van der Waals surface area contributed by atoms with Gasteiger partial charge < -0.3 is 10.6 Å². The molecule has 1 unspecified atom stereocenters. The predicted octanol–water partition coefficient (Wildman–Crippen LogP) is 2.43. The van der Waals surface area contributed by atoms with Crippen molar-refractivity contribution in [3.63, 3.8) is 0 Å². The summed E-state index contributed by atoms with van der Waals surface area (Å²) in [6.45, 7) is 5.30. The molecule has 2 rings (SSSR count). The summed E-state index contributed by atoms with van der Waals surface area (Å²) in [4.78, 5) is 25.1. The summed E-state index contributed by atoms with van der Waals surface area (Å²) in [6, 6.07) is 8.51. The second kappa shape index (κ2) is 9.15. The number of nitrogens with one attached hydrogen (secondary N) is 2. The van der Waals surface area contributed by atoms with Crippen LogP contribution in [0.2, 0.25) is 0 Å². The zero-order chi connectivity index (χ0) is 21.8. The molecule has 2 aromatic rings. The van der Waals surface area contributed by atoms with Crippen LogP contribution in [0.15, 0.2) is 47.4 Å². The van der Waals surface area contributed by atoms with E-state index in [1.807, 2.05) is 0 Å². The monoisotopic (exact) mass is 421 g/mol. The molecule has 0 spiro atoms. The largest absolute Gasteiger partial charge is 0.340 e. The first-order valence-corrected chi connectivity index (χ1v) is 10.6. The number of hydrogen-bond donors (Lipinski definition) is 3. The maximum atomic E-state index is 13.0. The molecule has 0 aliphatic rings. The molecule has 29 heavy (non-hydrogen) atoms. The number of sulfonamides is 1. The first-order valence-electron chi connectivity index (χ1n) is 9.06. The van der Waals surface area contributed by atoms with E-state index in [1.165, 1.54) is 18.2 Å². The molecule has 156 valence electrons. The lowest BCUT2D eigenvalue weighted by atomic mass is 10.0. The van der Waals surface area contributed by atoms with Crippen molar-refractivity contribution in [1.82, 2.24) is 5.32 Å². The van der Waals surface area contributed by atoms with E-state index in [4.69, 9.17) is 5.14 Å². The lowest BCUT2D eigenvalue weighted by Gasteiger charge is -2.22. The first-order chi connectivity index (χ1) is 13.5. The Morgan fingerprint density at radius 2 is 1.72 bits per heavy atom. The van der Waals surface area contributed by atoms with E-state index in [2.05, 4.69) is 10.6 Å². The number of carbonyl (C=O) groups excluding carboxylic acids is 2. The lowest BCUT2D eigenvalue weighted by molar-refractivity contribution is -0.118. The fraction of sp³-hybridized carbons (Fsp3) is 0.300. The smallest absolute Gasteiger partial charge is 0.251 e. The van der Waals surface area contributed by atoms with Gasteiger partial charge in [-0.3, -0.25) is 9.59 Å². The number of rotatable bonds is 7. The highest BCUT2D eigenvalue weighted by Gasteiger charge is 2.25. The predicted molar refractivity (Wildman–Crippen MR) is 108 cm³/mol. The number of primary sulfonamides is 1. The zero-order valence-corrected chi connectivity index (χ0v) is 17.2. The van der Waals surface area contributed by atoms with E-state index in [-0.39, 0.29) is 22.1 Å². The van der Waals surface area contributed by atoms with Gasteiger partial charge in [-0.05, 0) is 54.3 Å². The standard InChI is InChI=1S/C20H24FN3O4S/c1-4-13-7-10-16(11-17(13)29(22,27)28)23-20(26)18(12(2)3)24-19(25)14-5-8-15(21)9-6-14/h5-12,18H,4H2,1-3H3,(H,23,26)(H,24,25)(H2,22,27,28). The van der Waals surface area contributed by atoms with Crippen molar-refractivity contribution in [3.8, 4) is 0 Å². The number of hydrogen-bond acceptors (Lipinski definition) is 4. The number of aryl methyl sites for hydroxylation is 1. The summed E-state index contributed by atoms with van der Waals surface area (Å²) >= 11 is 0. The summed E-state index contributed by atoms with van der Waals surface area (Å²) in [5.74, 6) is -1.77. The topological polar surface area (TPSA) is 118 Å². The van der Waals surface area contributed by atoms with Gasteiger partial charge in [0.25, 0.3) is 5.91 Å². The highest BCUT2D eigenvalue weighted by molar-refractivity contribution is 7.89. The number of nitrogens with two attached hydrogens (primary N) is 1. The third kappa shape index (κ3) is 5.85. The second-order valence-electron chi connectivity index (χ2n) is 6.91. The van der Waals surface area contributed by atoms with Crippen LogP contribution in [0.1, 0.15) is 36.7 Å². The normalized spacial score (nSPS) is 12.5. The van der Waals surface area contributed by atoms with E-state index in [9.17, 15) is 22.4 Å². The van der Waals surface area contributed by atoms with Crippen LogP contribution in [-0.4, -0.2) is 26.3 Å². The lowest BCUT2D eigenvalue weighted by Crippen LogP contribution is -2.47. The van der Waals surface area contributed by atoms with Crippen molar-refractivity contribution < 1.29 is 22.4 Å². The molecule has 0 aromatic heterocycles. The Bertz CT molecular complexity index is 1000. The van der Waals surface area contributed by atoms with E-state index >= 15 is 0 Å². The Kier molecular flexibility index (Phi) is 7.10. The van der Waals surface area contributed by atoms with E-state index < -0.39 is 33.7 Å². The zero-order valence-electron chi connectivity index (χ0n) is 16.4. The van der Waals surface area contributed by atoms with E-state index in [0.29, 0.717) is 12.0 Å². The number of halogens is 1. The summed E-state index contributed by atoms with van der Waals surface area (Å²) in [7, 11) is -3.95. The van der Waals surface area contributed by atoms with Crippen LogP contribution in [-0.2, 0) is 21.2 Å². The number of benzene rings is 2. The fourth-order valence-electron chi connectivity index (χ4n) is 2.77. The van der Waals surface area contributed by atoms with Crippen LogP contribution in [0, 0.1) is 11.7 Å². The molecule has 2 aromatic carbocycles. The maximum Gasteiger partial charge on any atom is 0.251 e. The summed E-state index contributed by atoms with van der Waals surface area (Å²) in [5, 5.41) is 10.5. The van der Waals surface area contributed by atoms with Gasteiger partial charge in [0, 0.05) is 11.3 Å². The van der Waals surface area contributed by atoms with Gasteiger partial charge in [0.05, 0.1) is 4.90 Å². The van der Waals surface area contributed by atoms with Crippen molar-refractivity contribution in [3.05, 3.63) is 59.4 Å². The molecule has 0 saturated carbocycles. The highest BCUT2D eigenvalue weighted by Crippen LogP contribution is 2.21. The van der Waals surface area contributed by atoms with Crippen LogP contribution in [0.25, 0.3) is 0 Å². The Morgan fingerprint density at radius 3 is 2.24 bits per heavy atom. The Labute approximate surface area is 169 Å². The van der Waals surface area contributed by atoms with Gasteiger partial charge in [-0.2, -0.15) is 0 Å². The third-order valence-electron chi connectivity index (χ3n) is 4.36. The molecule has 0 radical (unpaired) electrons. The van der Waals surface area contributed by atoms with Crippen molar-refractivity contribution in [2.75, 3.05) is 5.32 Å². The molecule has 0 bridgehead atoms. The average molecular weight is 421 g/mol. The number of anilines is 1. The van der Waals surface area contributed by atoms with Gasteiger partial charge in [-0.1, -0.05) is 26.8 Å².